The van der Waals surface area contributed by atoms with Crippen LogP contribution in [0.2, 0.25) is 0 Å². The zero-order valence-corrected chi connectivity index (χ0v) is 19.8. The second-order valence-corrected chi connectivity index (χ2v) is 11.3. The Morgan fingerprint density at radius 3 is 1.90 bits per heavy atom. The van der Waals surface area contributed by atoms with E-state index in [4.69, 9.17) is 5.73 Å². The lowest BCUT2D eigenvalue weighted by Crippen LogP contribution is -2.31. The van der Waals surface area contributed by atoms with Gasteiger partial charge in [-0.3, -0.25) is 9.59 Å². The molecule has 1 aromatic rings. The van der Waals surface area contributed by atoms with E-state index in [2.05, 4.69) is 56.8 Å². The molecule has 0 radical (unpaired) electrons. The number of nitrogen functional groups attached to an aromatic ring is 1. The van der Waals surface area contributed by atoms with Crippen molar-refractivity contribution in [1.82, 2.24) is 15.3 Å². The zero-order chi connectivity index (χ0) is 22.6. The van der Waals surface area contributed by atoms with Gasteiger partial charge in [-0.05, 0) is 30.1 Å². The summed E-state index contributed by atoms with van der Waals surface area (Å²) in [5, 5.41) is 2.87. The summed E-state index contributed by atoms with van der Waals surface area (Å²) < 4.78 is 0. The smallest absolute Gasteiger partial charge is 0.273 e. The van der Waals surface area contributed by atoms with Crippen LogP contribution in [0.15, 0.2) is 0 Å². The van der Waals surface area contributed by atoms with E-state index in [1.165, 1.54) is 0 Å². The van der Waals surface area contributed by atoms with Crippen LogP contribution < -0.4 is 11.1 Å². The summed E-state index contributed by atoms with van der Waals surface area (Å²) in [4.78, 5) is 34.3. The molecule has 0 spiro atoms. The first-order valence-electron chi connectivity index (χ1n) is 10.5. The predicted molar refractivity (Wildman–Crippen MR) is 119 cm³/mol. The first-order valence-corrected chi connectivity index (χ1v) is 10.5. The summed E-state index contributed by atoms with van der Waals surface area (Å²) in [6.45, 7) is 19.2. The summed E-state index contributed by atoms with van der Waals surface area (Å²) >= 11 is 0. The number of nitrogens with two attached hydrogens (primary N) is 1. The predicted octanol–water partition coefficient (Wildman–Crippen LogP) is 4.92. The fraction of sp³-hybridized carbons (Fsp3) is 0.739. The van der Waals surface area contributed by atoms with Crippen LogP contribution in [-0.2, 0) is 5.41 Å². The number of carbonyl (C=O) groups is 2. The number of nitrogens with one attached hydrogen (secondary N) is 1. The largest absolute Gasteiger partial charge is 0.382 e. The summed E-state index contributed by atoms with van der Waals surface area (Å²) in [5.41, 5.74) is 6.80. The summed E-state index contributed by atoms with van der Waals surface area (Å²) in [7, 11) is 0. The van der Waals surface area contributed by atoms with Crippen LogP contribution >= 0.6 is 0 Å². The van der Waals surface area contributed by atoms with Crippen LogP contribution in [0.3, 0.4) is 0 Å². The SMILES string of the molecule is CC(C)(C)CCCC(=O)c1nc(N)c(C(=O)NCCC(C)(C)C)nc1C(C)(C)C. The lowest BCUT2D eigenvalue weighted by atomic mass is 9.86. The number of aromatic nitrogens is 2. The highest BCUT2D eigenvalue weighted by Gasteiger charge is 2.28. The number of rotatable bonds is 7. The molecule has 1 aromatic heterocycles. The Hall–Kier alpha value is -1.98. The third kappa shape index (κ3) is 8.50. The molecule has 0 saturated carbocycles. The zero-order valence-electron chi connectivity index (χ0n) is 19.8. The average molecular weight is 405 g/mol. The molecule has 0 fully saturated rings. The van der Waals surface area contributed by atoms with Gasteiger partial charge in [-0.1, -0.05) is 62.3 Å². The second-order valence-electron chi connectivity index (χ2n) is 11.3. The summed E-state index contributed by atoms with van der Waals surface area (Å²) in [6.07, 6.45) is 2.96. The van der Waals surface area contributed by atoms with Crippen molar-refractivity contribution in [1.29, 1.82) is 0 Å². The molecular weight excluding hydrogens is 364 g/mol. The van der Waals surface area contributed by atoms with Crippen molar-refractivity contribution >= 4 is 17.5 Å². The summed E-state index contributed by atoms with van der Waals surface area (Å²) in [5.74, 6) is -0.417. The Labute approximate surface area is 176 Å². The van der Waals surface area contributed by atoms with E-state index < -0.39 is 5.41 Å². The Morgan fingerprint density at radius 2 is 1.41 bits per heavy atom. The highest BCUT2D eigenvalue weighted by atomic mass is 16.2. The van der Waals surface area contributed by atoms with E-state index in [0.29, 0.717) is 18.7 Å². The van der Waals surface area contributed by atoms with Crippen molar-refractivity contribution in [2.24, 2.45) is 10.8 Å². The van der Waals surface area contributed by atoms with Gasteiger partial charge < -0.3 is 11.1 Å². The van der Waals surface area contributed by atoms with Crippen LogP contribution in [0.1, 0.15) is 115 Å². The van der Waals surface area contributed by atoms with Gasteiger partial charge in [0, 0.05) is 18.4 Å². The van der Waals surface area contributed by atoms with Crippen molar-refractivity contribution < 1.29 is 9.59 Å². The Kier molecular flexibility index (Phi) is 7.97. The number of hydrogen-bond donors (Lipinski definition) is 2. The third-order valence-corrected chi connectivity index (χ3v) is 4.60. The molecular formula is C23H40N4O2. The lowest BCUT2D eigenvalue weighted by Gasteiger charge is -2.22. The van der Waals surface area contributed by atoms with E-state index in [1.807, 2.05) is 20.8 Å². The van der Waals surface area contributed by atoms with Gasteiger partial charge in [0.25, 0.3) is 5.91 Å². The van der Waals surface area contributed by atoms with Gasteiger partial charge in [0.05, 0.1) is 5.69 Å². The number of anilines is 1. The maximum atomic E-state index is 12.9. The van der Waals surface area contributed by atoms with Crippen molar-refractivity contribution in [3.05, 3.63) is 17.1 Å². The molecule has 0 aromatic carbocycles. The topological polar surface area (TPSA) is 98.0 Å². The number of carbonyl (C=O) groups excluding carboxylic acids is 2. The Bertz CT molecular complexity index is 735. The van der Waals surface area contributed by atoms with Crippen molar-refractivity contribution in [2.75, 3.05) is 12.3 Å². The lowest BCUT2D eigenvalue weighted by molar-refractivity contribution is 0.0937. The van der Waals surface area contributed by atoms with Crippen LogP contribution in [-0.4, -0.2) is 28.2 Å². The first-order chi connectivity index (χ1) is 13.0. The number of Topliss-reactive ketones (excluding diaryl/α,β-unsaturated/α-hetero) is 1. The van der Waals surface area contributed by atoms with E-state index in [1.54, 1.807) is 0 Å². The third-order valence-electron chi connectivity index (χ3n) is 4.60. The summed E-state index contributed by atoms with van der Waals surface area (Å²) in [6, 6.07) is 0. The van der Waals surface area contributed by atoms with Crippen LogP contribution in [0.4, 0.5) is 5.82 Å². The standard InChI is InChI=1S/C23H40N4O2/c1-21(2,3)12-10-11-15(28)16-18(23(7,8)9)26-17(19(24)27-16)20(29)25-14-13-22(4,5)6/h10-14H2,1-9H3,(H2,24,27)(H,25,29). The molecule has 1 amide bonds. The Balaban J connectivity index is 3.10. The molecule has 6 heteroatoms. The Morgan fingerprint density at radius 1 is 0.862 bits per heavy atom. The maximum absolute atomic E-state index is 12.9. The van der Waals surface area contributed by atoms with Gasteiger partial charge in [0.15, 0.2) is 17.3 Å². The number of hydrogen-bond acceptors (Lipinski definition) is 5. The molecule has 6 nitrogen and oxygen atoms in total. The van der Waals surface area contributed by atoms with Gasteiger partial charge in [-0.15, -0.1) is 0 Å². The molecule has 0 saturated heterocycles. The molecule has 0 aliphatic carbocycles. The van der Waals surface area contributed by atoms with Crippen LogP contribution in [0.25, 0.3) is 0 Å². The second kappa shape index (κ2) is 9.23. The molecule has 0 aliphatic heterocycles. The van der Waals surface area contributed by atoms with Crippen molar-refractivity contribution in [3.8, 4) is 0 Å². The maximum Gasteiger partial charge on any atom is 0.273 e. The fourth-order valence-electron chi connectivity index (χ4n) is 2.87. The highest BCUT2D eigenvalue weighted by Crippen LogP contribution is 2.28. The van der Waals surface area contributed by atoms with Crippen LogP contribution in [0, 0.1) is 10.8 Å². The van der Waals surface area contributed by atoms with Gasteiger partial charge in [-0.2, -0.15) is 0 Å². The number of ketones is 1. The normalized spacial score (nSPS) is 12.7. The average Bonchev–Trinajstić information content (AvgIpc) is 2.50. The molecule has 0 bridgehead atoms. The number of amides is 1. The molecule has 1 rings (SSSR count). The molecule has 0 unspecified atom stereocenters. The van der Waals surface area contributed by atoms with Gasteiger partial charge >= 0.3 is 0 Å². The van der Waals surface area contributed by atoms with Gasteiger partial charge in [0.2, 0.25) is 0 Å². The number of nitrogens with zero attached hydrogens (tertiary/aromatic N) is 2. The minimum atomic E-state index is -0.434. The van der Waals surface area contributed by atoms with E-state index in [0.717, 1.165) is 19.3 Å². The van der Waals surface area contributed by atoms with Crippen LogP contribution in [0.5, 0.6) is 0 Å². The monoisotopic (exact) mass is 404 g/mol. The van der Waals surface area contributed by atoms with Gasteiger partial charge in [-0.25, -0.2) is 9.97 Å². The minimum Gasteiger partial charge on any atom is -0.382 e. The first kappa shape index (κ1) is 25.1. The molecule has 0 aliphatic rings. The quantitative estimate of drug-likeness (QED) is 0.628. The minimum absolute atomic E-state index is 0.00503. The van der Waals surface area contributed by atoms with E-state index in [9.17, 15) is 9.59 Å². The van der Waals surface area contributed by atoms with Gasteiger partial charge in [0.1, 0.15) is 5.69 Å². The van der Waals surface area contributed by atoms with Crippen molar-refractivity contribution in [2.45, 2.75) is 93.4 Å². The van der Waals surface area contributed by atoms with E-state index >= 15 is 0 Å². The molecule has 3 N–H and O–H groups in total. The fourth-order valence-corrected chi connectivity index (χ4v) is 2.87. The van der Waals surface area contributed by atoms with Crippen molar-refractivity contribution in [3.63, 3.8) is 0 Å². The highest BCUT2D eigenvalue weighted by molar-refractivity contribution is 5.99. The molecule has 164 valence electrons. The van der Waals surface area contributed by atoms with E-state index in [-0.39, 0.29) is 39.7 Å². The molecule has 29 heavy (non-hydrogen) atoms. The molecule has 1 heterocycles. The molecule has 0 atom stereocenters.